The normalized spacial score (nSPS) is 10.9. The van der Waals surface area contributed by atoms with E-state index in [2.05, 4.69) is 73.3 Å². The monoisotopic (exact) mass is 616 g/mol. The molecule has 0 spiro atoms. The summed E-state index contributed by atoms with van der Waals surface area (Å²) in [7, 11) is 0. The van der Waals surface area contributed by atoms with Crippen molar-refractivity contribution in [1.29, 1.82) is 0 Å². The van der Waals surface area contributed by atoms with Crippen LogP contribution >= 0.6 is 50.5 Å². The first-order chi connectivity index (χ1) is 18.6. The molecule has 0 saturated heterocycles. The minimum atomic E-state index is -1.06. The summed E-state index contributed by atoms with van der Waals surface area (Å²) in [5.41, 5.74) is 2.40. The first-order valence-corrected chi connectivity index (χ1v) is 14.5. The molecular formula is C27H40N2O6S4. The number of carboxylic acid groups (broad SMARTS) is 1. The van der Waals surface area contributed by atoms with Gasteiger partial charge in [0.05, 0.1) is 12.6 Å². The summed E-state index contributed by atoms with van der Waals surface area (Å²) in [5, 5.41) is 21.0. The Balaban J connectivity index is 0. The van der Waals surface area contributed by atoms with Gasteiger partial charge in [-0.2, -0.15) is 50.5 Å². The topological polar surface area (TPSA) is 133 Å². The molecule has 0 bridgehead atoms. The van der Waals surface area contributed by atoms with Crippen molar-refractivity contribution in [3.63, 3.8) is 0 Å². The number of carboxylic acids is 1. The van der Waals surface area contributed by atoms with E-state index in [0.29, 0.717) is 24.3 Å². The second-order valence-corrected chi connectivity index (χ2v) is 9.25. The Labute approximate surface area is 253 Å². The van der Waals surface area contributed by atoms with Crippen molar-refractivity contribution in [3.8, 4) is 0 Å². The average Bonchev–Trinajstić information content (AvgIpc) is 2.94. The number of aliphatic carboxylic acids is 1. The Morgan fingerprint density at radius 3 is 1.44 bits per heavy atom. The molecule has 0 unspecified atom stereocenters. The van der Waals surface area contributed by atoms with Gasteiger partial charge in [0.2, 0.25) is 11.8 Å². The van der Waals surface area contributed by atoms with Crippen molar-refractivity contribution in [2.24, 2.45) is 0 Å². The van der Waals surface area contributed by atoms with E-state index in [0.717, 1.165) is 11.3 Å². The van der Waals surface area contributed by atoms with Gasteiger partial charge in [0, 0.05) is 43.3 Å². The molecule has 0 saturated carbocycles. The lowest BCUT2D eigenvalue weighted by molar-refractivity contribution is -0.140. The highest BCUT2D eigenvalue weighted by Gasteiger charge is 2.17. The molecule has 0 aliphatic rings. The quantitative estimate of drug-likeness (QED) is 0.183. The van der Waals surface area contributed by atoms with Crippen LogP contribution in [0.3, 0.4) is 0 Å². The van der Waals surface area contributed by atoms with Gasteiger partial charge in [0.25, 0.3) is 0 Å². The van der Waals surface area contributed by atoms with Crippen LogP contribution in [-0.2, 0) is 31.4 Å². The van der Waals surface area contributed by atoms with Gasteiger partial charge in [-0.05, 0) is 17.5 Å². The number of aliphatic hydroxyl groups excluding tert-OH is 1. The Hall–Kier alpha value is -2.12. The SMILES string of the molecule is CC(=O)N[C@@H](CS)C(=O)CCc1ccccc1.CC(=O)N[C@@H](CS)C(=O)O.OCCS.SCc1ccccc1. The van der Waals surface area contributed by atoms with E-state index in [9.17, 15) is 19.2 Å². The third kappa shape index (κ3) is 23.5. The van der Waals surface area contributed by atoms with Crippen molar-refractivity contribution < 1.29 is 29.4 Å². The molecule has 2 amide bonds. The molecule has 218 valence electrons. The fourth-order valence-electron chi connectivity index (χ4n) is 2.57. The number of thiol groups is 4. The van der Waals surface area contributed by atoms with E-state index in [1.54, 1.807) is 0 Å². The van der Waals surface area contributed by atoms with Crippen molar-refractivity contribution in [3.05, 3.63) is 71.8 Å². The second kappa shape index (κ2) is 26.1. The number of carbonyl (C=O) groups is 4. The molecule has 0 aliphatic heterocycles. The summed E-state index contributed by atoms with van der Waals surface area (Å²) in [6, 6.07) is 18.6. The standard InChI is InChI=1S/C13H17NO2S.C7H8S.C5H9NO3S.C2H6OS/c1-10(15)14-12(9-17)13(16)8-7-11-5-3-2-4-6-11;8-6-7-4-2-1-3-5-7;1-3(7)6-4(2-10)5(8)9;3-1-2-4/h2-6,12,17H,7-9H2,1H3,(H,14,15);1-5,8H,6H2;4,10H,2H2,1H3,(H,6,7)(H,8,9);3-4H,1-2H2/t12-;;4-;/m0.0./s1. The Morgan fingerprint density at radius 2 is 1.15 bits per heavy atom. The number of amides is 2. The van der Waals surface area contributed by atoms with Crippen LogP contribution in [0.2, 0.25) is 0 Å². The zero-order valence-electron chi connectivity index (χ0n) is 22.2. The average molecular weight is 617 g/mol. The van der Waals surface area contributed by atoms with E-state index in [-0.39, 0.29) is 30.0 Å². The molecule has 4 N–H and O–H groups in total. The molecule has 2 atom stereocenters. The molecule has 2 rings (SSSR count). The zero-order valence-corrected chi connectivity index (χ0v) is 25.8. The van der Waals surface area contributed by atoms with Crippen LogP contribution in [0.15, 0.2) is 60.7 Å². The van der Waals surface area contributed by atoms with Crippen LogP contribution < -0.4 is 10.6 Å². The van der Waals surface area contributed by atoms with Crippen LogP contribution in [-0.4, -0.2) is 69.7 Å². The number of nitrogens with one attached hydrogen (secondary N) is 2. The highest BCUT2D eigenvalue weighted by Crippen LogP contribution is 2.05. The van der Waals surface area contributed by atoms with Gasteiger partial charge < -0.3 is 20.8 Å². The number of hydrogen-bond acceptors (Lipinski definition) is 9. The van der Waals surface area contributed by atoms with E-state index >= 15 is 0 Å². The van der Waals surface area contributed by atoms with Crippen molar-refractivity contribution >= 4 is 74.1 Å². The van der Waals surface area contributed by atoms with Gasteiger partial charge in [-0.3, -0.25) is 14.4 Å². The summed E-state index contributed by atoms with van der Waals surface area (Å²) in [6.45, 7) is 2.85. The van der Waals surface area contributed by atoms with Crippen molar-refractivity contribution in [2.75, 3.05) is 23.9 Å². The van der Waals surface area contributed by atoms with E-state index in [1.165, 1.54) is 19.4 Å². The van der Waals surface area contributed by atoms with Gasteiger partial charge in [0.15, 0.2) is 5.78 Å². The number of rotatable bonds is 11. The van der Waals surface area contributed by atoms with Crippen LogP contribution in [0, 0.1) is 0 Å². The third-order valence-electron chi connectivity index (χ3n) is 4.44. The number of Topliss-reactive ketones (excluding diaryl/α,β-unsaturated/α-hetero) is 1. The molecule has 2 aromatic rings. The van der Waals surface area contributed by atoms with Gasteiger partial charge in [0.1, 0.15) is 6.04 Å². The lowest BCUT2D eigenvalue weighted by atomic mass is 10.0. The first kappa shape index (κ1) is 39.0. The molecule has 0 aromatic heterocycles. The molecule has 0 aliphatic carbocycles. The molecular weight excluding hydrogens is 577 g/mol. The molecule has 12 heteroatoms. The Morgan fingerprint density at radius 1 is 0.744 bits per heavy atom. The van der Waals surface area contributed by atoms with Gasteiger partial charge in [-0.1, -0.05) is 60.7 Å². The lowest BCUT2D eigenvalue weighted by Gasteiger charge is -2.13. The number of carbonyl (C=O) groups excluding carboxylic acids is 3. The Bertz CT molecular complexity index is 934. The first-order valence-electron chi connectivity index (χ1n) is 12.0. The second-order valence-electron chi connectivity index (χ2n) is 7.75. The summed E-state index contributed by atoms with van der Waals surface area (Å²) < 4.78 is 0. The lowest BCUT2D eigenvalue weighted by Crippen LogP contribution is -2.41. The van der Waals surface area contributed by atoms with Gasteiger partial charge in [-0.25, -0.2) is 4.79 Å². The minimum Gasteiger partial charge on any atom is -0.480 e. The Kier molecular flexibility index (Phi) is 26.1. The van der Waals surface area contributed by atoms with Crippen molar-refractivity contribution in [1.82, 2.24) is 10.6 Å². The van der Waals surface area contributed by atoms with Crippen LogP contribution in [0.1, 0.15) is 31.4 Å². The number of aliphatic hydroxyl groups is 1. The smallest absolute Gasteiger partial charge is 0.327 e. The molecule has 0 heterocycles. The van der Waals surface area contributed by atoms with Crippen LogP contribution in [0.25, 0.3) is 0 Å². The van der Waals surface area contributed by atoms with E-state index in [1.807, 2.05) is 48.5 Å². The van der Waals surface area contributed by atoms with E-state index in [4.69, 9.17) is 10.2 Å². The summed E-state index contributed by atoms with van der Waals surface area (Å²) in [5.74, 6) is 0.256. The highest BCUT2D eigenvalue weighted by atomic mass is 32.1. The maximum atomic E-state index is 11.8. The zero-order chi connectivity index (χ0) is 30.1. The molecule has 39 heavy (non-hydrogen) atoms. The molecule has 0 radical (unpaired) electrons. The minimum absolute atomic E-state index is 0.0269. The fraction of sp³-hybridized carbons (Fsp3) is 0.407. The van der Waals surface area contributed by atoms with Gasteiger partial charge >= 0.3 is 5.97 Å². The van der Waals surface area contributed by atoms with Crippen LogP contribution in [0.5, 0.6) is 0 Å². The van der Waals surface area contributed by atoms with Gasteiger partial charge in [-0.15, -0.1) is 0 Å². The maximum Gasteiger partial charge on any atom is 0.327 e. The summed E-state index contributed by atoms with van der Waals surface area (Å²) in [4.78, 5) is 43.2. The molecule has 2 aromatic carbocycles. The maximum absolute atomic E-state index is 11.8. The van der Waals surface area contributed by atoms with Crippen LogP contribution in [0.4, 0.5) is 0 Å². The number of ketones is 1. The van der Waals surface area contributed by atoms with Crippen molar-refractivity contribution in [2.45, 2.75) is 44.5 Å². The molecule has 0 fully saturated rings. The summed E-state index contributed by atoms with van der Waals surface area (Å²) in [6.07, 6.45) is 1.12. The number of benzene rings is 2. The predicted molar refractivity (Wildman–Crippen MR) is 170 cm³/mol. The number of hydrogen-bond donors (Lipinski definition) is 8. The van der Waals surface area contributed by atoms with E-state index < -0.39 is 18.1 Å². The number of aryl methyl sites for hydroxylation is 1. The summed E-state index contributed by atoms with van der Waals surface area (Å²) >= 11 is 15.6. The predicted octanol–water partition coefficient (Wildman–Crippen LogP) is 3.15. The largest absolute Gasteiger partial charge is 0.480 e. The third-order valence-corrected chi connectivity index (χ3v) is 5.73. The molecule has 8 nitrogen and oxygen atoms in total. The fourth-order valence-corrected chi connectivity index (χ4v) is 3.33. The highest BCUT2D eigenvalue weighted by molar-refractivity contribution is 7.80.